The minimum atomic E-state index is 0.521. The van der Waals surface area contributed by atoms with E-state index in [2.05, 4.69) is 31.3 Å². The molecule has 1 aromatic carbocycles. The van der Waals surface area contributed by atoms with E-state index < -0.39 is 0 Å². The maximum atomic E-state index is 5.45. The Morgan fingerprint density at radius 3 is 2.73 bits per heavy atom. The van der Waals surface area contributed by atoms with Crippen LogP contribution in [0.2, 0.25) is 0 Å². The van der Waals surface area contributed by atoms with Crippen molar-refractivity contribution in [1.82, 2.24) is 5.32 Å². The minimum absolute atomic E-state index is 0.521. The monoisotopic (exact) mass is 205 g/mol. The van der Waals surface area contributed by atoms with Gasteiger partial charge in [0.15, 0.2) is 0 Å². The van der Waals surface area contributed by atoms with Crippen LogP contribution < -0.4 is 10.1 Å². The van der Waals surface area contributed by atoms with Gasteiger partial charge in [0.1, 0.15) is 5.75 Å². The van der Waals surface area contributed by atoms with Gasteiger partial charge in [0.05, 0.1) is 7.11 Å². The molecule has 0 unspecified atom stereocenters. The van der Waals surface area contributed by atoms with Crippen LogP contribution in [-0.2, 0) is 13.0 Å². The Labute approximate surface area is 91.6 Å². The zero-order chi connectivity index (χ0) is 10.8. The Bertz CT molecular complexity index is 358. The highest BCUT2D eigenvalue weighted by atomic mass is 16.5. The molecular formula is C13H19NO. The molecule has 0 atom stereocenters. The first kappa shape index (κ1) is 10.5. The lowest BCUT2D eigenvalue weighted by molar-refractivity contribution is 0.406. The van der Waals surface area contributed by atoms with E-state index in [1.165, 1.54) is 16.7 Å². The second-order valence-electron chi connectivity index (χ2n) is 4.44. The van der Waals surface area contributed by atoms with Crippen molar-refractivity contribution in [2.75, 3.05) is 13.7 Å². The molecule has 0 saturated carbocycles. The minimum Gasteiger partial charge on any atom is -0.496 e. The van der Waals surface area contributed by atoms with Gasteiger partial charge in [-0.1, -0.05) is 19.9 Å². The van der Waals surface area contributed by atoms with Crippen LogP contribution >= 0.6 is 0 Å². The van der Waals surface area contributed by atoms with Gasteiger partial charge in [0.2, 0.25) is 0 Å². The molecular weight excluding hydrogens is 186 g/mol. The molecule has 0 amide bonds. The summed E-state index contributed by atoms with van der Waals surface area (Å²) < 4.78 is 5.45. The lowest BCUT2D eigenvalue weighted by Gasteiger charge is -2.21. The average molecular weight is 205 g/mol. The molecule has 0 bridgehead atoms. The average Bonchev–Trinajstić information content (AvgIpc) is 2.27. The number of hydrogen-bond donors (Lipinski definition) is 1. The topological polar surface area (TPSA) is 21.3 Å². The number of rotatable bonds is 2. The first-order chi connectivity index (χ1) is 7.22. The highest BCUT2D eigenvalue weighted by Crippen LogP contribution is 2.30. The Hall–Kier alpha value is -1.02. The summed E-state index contributed by atoms with van der Waals surface area (Å²) >= 11 is 0. The summed E-state index contributed by atoms with van der Waals surface area (Å²) in [5, 5.41) is 3.40. The van der Waals surface area contributed by atoms with E-state index in [9.17, 15) is 0 Å². The number of fused-ring (bicyclic) bond motifs is 1. The molecule has 0 radical (unpaired) electrons. The predicted molar refractivity (Wildman–Crippen MR) is 62.5 cm³/mol. The zero-order valence-electron chi connectivity index (χ0n) is 9.76. The van der Waals surface area contributed by atoms with Crippen LogP contribution in [0.15, 0.2) is 12.1 Å². The normalized spacial score (nSPS) is 15.2. The molecule has 0 spiro atoms. The largest absolute Gasteiger partial charge is 0.496 e. The predicted octanol–water partition coefficient (Wildman–Crippen LogP) is 2.46. The Morgan fingerprint density at radius 2 is 2.07 bits per heavy atom. The van der Waals surface area contributed by atoms with Crippen molar-refractivity contribution < 1.29 is 4.74 Å². The van der Waals surface area contributed by atoms with E-state index in [-0.39, 0.29) is 0 Å². The zero-order valence-corrected chi connectivity index (χ0v) is 9.76. The van der Waals surface area contributed by atoms with Gasteiger partial charge < -0.3 is 10.1 Å². The number of methoxy groups -OCH3 is 1. The third-order valence-corrected chi connectivity index (χ3v) is 3.06. The molecule has 0 saturated heterocycles. The maximum absolute atomic E-state index is 5.45. The fraction of sp³-hybridized carbons (Fsp3) is 0.538. The molecule has 2 nitrogen and oxygen atoms in total. The third kappa shape index (κ3) is 2.00. The summed E-state index contributed by atoms with van der Waals surface area (Å²) in [6.07, 6.45) is 1.12. The van der Waals surface area contributed by atoms with Gasteiger partial charge in [-0.25, -0.2) is 0 Å². The summed E-state index contributed by atoms with van der Waals surface area (Å²) in [6.45, 7) is 6.50. The van der Waals surface area contributed by atoms with Gasteiger partial charge in [0.25, 0.3) is 0 Å². The Balaban J connectivity index is 2.46. The molecule has 2 rings (SSSR count). The van der Waals surface area contributed by atoms with Gasteiger partial charge >= 0.3 is 0 Å². The van der Waals surface area contributed by atoms with E-state index >= 15 is 0 Å². The molecule has 1 aliphatic heterocycles. The van der Waals surface area contributed by atoms with E-state index in [1.807, 2.05) is 0 Å². The van der Waals surface area contributed by atoms with Crippen LogP contribution in [0, 0.1) is 0 Å². The molecule has 15 heavy (non-hydrogen) atoms. The van der Waals surface area contributed by atoms with E-state index in [0.717, 1.165) is 25.3 Å². The summed E-state index contributed by atoms with van der Waals surface area (Å²) in [6, 6.07) is 4.51. The fourth-order valence-corrected chi connectivity index (χ4v) is 2.16. The summed E-state index contributed by atoms with van der Waals surface area (Å²) in [5.41, 5.74) is 4.20. The van der Waals surface area contributed by atoms with Crippen molar-refractivity contribution in [3.63, 3.8) is 0 Å². The third-order valence-electron chi connectivity index (χ3n) is 3.06. The molecule has 0 aromatic heterocycles. The fourth-order valence-electron chi connectivity index (χ4n) is 2.16. The summed E-state index contributed by atoms with van der Waals surface area (Å²) in [4.78, 5) is 0. The van der Waals surface area contributed by atoms with E-state index in [0.29, 0.717) is 5.92 Å². The van der Waals surface area contributed by atoms with E-state index in [1.54, 1.807) is 7.11 Å². The number of benzene rings is 1. The van der Waals surface area contributed by atoms with Crippen LogP contribution in [0.25, 0.3) is 0 Å². The lowest BCUT2D eigenvalue weighted by atomic mass is 9.93. The van der Waals surface area contributed by atoms with Crippen LogP contribution in [-0.4, -0.2) is 13.7 Å². The van der Waals surface area contributed by atoms with Crippen LogP contribution in [0.1, 0.15) is 36.5 Å². The SMILES string of the molecule is COc1cc2c(cc1C(C)C)CNCC2. The second-order valence-corrected chi connectivity index (χ2v) is 4.44. The highest BCUT2D eigenvalue weighted by Gasteiger charge is 2.14. The van der Waals surface area contributed by atoms with Crippen LogP contribution in [0.4, 0.5) is 0 Å². The first-order valence-corrected chi connectivity index (χ1v) is 5.62. The maximum Gasteiger partial charge on any atom is 0.122 e. The number of nitrogens with one attached hydrogen (secondary N) is 1. The highest BCUT2D eigenvalue weighted by molar-refractivity contribution is 5.45. The first-order valence-electron chi connectivity index (χ1n) is 5.62. The molecule has 82 valence electrons. The molecule has 1 aromatic rings. The smallest absolute Gasteiger partial charge is 0.122 e. The van der Waals surface area contributed by atoms with Gasteiger partial charge in [-0.05, 0) is 41.6 Å². The Kier molecular flexibility index (Phi) is 2.96. The van der Waals surface area contributed by atoms with Crippen molar-refractivity contribution in [3.05, 3.63) is 28.8 Å². The molecule has 1 heterocycles. The Morgan fingerprint density at radius 1 is 1.27 bits per heavy atom. The quantitative estimate of drug-likeness (QED) is 0.800. The molecule has 2 heteroatoms. The standard InChI is InChI=1S/C13H19NO/c1-9(2)12-6-11-8-14-5-4-10(11)7-13(12)15-3/h6-7,9,14H,4-5,8H2,1-3H3. The molecule has 0 fully saturated rings. The van der Waals surface area contributed by atoms with Gasteiger partial charge in [-0.3, -0.25) is 0 Å². The summed E-state index contributed by atoms with van der Waals surface area (Å²) in [5.74, 6) is 1.57. The van der Waals surface area contributed by atoms with Gasteiger partial charge in [0, 0.05) is 6.54 Å². The molecule has 0 aliphatic carbocycles. The van der Waals surface area contributed by atoms with Crippen LogP contribution in [0.5, 0.6) is 5.75 Å². The molecule has 1 N–H and O–H groups in total. The van der Waals surface area contributed by atoms with Crippen LogP contribution in [0.3, 0.4) is 0 Å². The number of hydrogen-bond acceptors (Lipinski definition) is 2. The second kappa shape index (κ2) is 4.23. The van der Waals surface area contributed by atoms with Crippen molar-refractivity contribution in [1.29, 1.82) is 0 Å². The van der Waals surface area contributed by atoms with Crippen molar-refractivity contribution in [2.24, 2.45) is 0 Å². The van der Waals surface area contributed by atoms with Crippen molar-refractivity contribution in [2.45, 2.75) is 32.7 Å². The summed E-state index contributed by atoms with van der Waals surface area (Å²) in [7, 11) is 1.76. The van der Waals surface area contributed by atoms with E-state index in [4.69, 9.17) is 4.74 Å². The van der Waals surface area contributed by atoms with Crippen molar-refractivity contribution >= 4 is 0 Å². The van der Waals surface area contributed by atoms with Gasteiger partial charge in [-0.2, -0.15) is 0 Å². The molecule has 1 aliphatic rings. The van der Waals surface area contributed by atoms with Crippen molar-refractivity contribution in [3.8, 4) is 5.75 Å². The van der Waals surface area contributed by atoms with Gasteiger partial charge in [-0.15, -0.1) is 0 Å². The lowest BCUT2D eigenvalue weighted by Crippen LogP contribution is -2.23. The number of ether oxygens (including phenoxy) is 1.